The average Bonchev–Trinajstić information content (AvgIpc) is 3.43. The van der Waals surface area contributed by atoms with Crippen molar-refractivity contribution < 1.29 is 0 Å². The molecule has 1 fully saturated rings. The highest BCUT2D eigenvalue weighted by Gasteiger charge is 2.19. The van der Waals surface area contributed by atoms with Crippen LogP contribution < -0.4 is 10.6 Å². The maximum absolute atomic E-state index is 6.25. The minimum absolute atomic E-state index is 0. The lowest BCUT2D eigenvalue weighted by molar-refractivity contribution is 0.380. The second-order valence-corrected chi connectivity index (χ2v) is 7.61. The van der Waals surface area contributed by atoms with E-state index in [-0.39, 0.29) is 24.0 Å². The van der Waals surface area contributed by atoms with E-state index in [1.807, 2.05) is 30.0 Å². The fourth-order valence-corrected chi connectivity index (χ4v) is 4.04. The van der Waals surface area contributed by atoms with Gasteiger partial charge in [-0.2, -0.15) is 0 Å². The maximum atomic E-state index is 6.25. The van der Waals surface area contributed by atoms with Crippen molar-refractivity contribution >= 4 is 46.4 Å². The summed E-state index contributed by atoms with van der Waals surface area (Å²) in [6, 6.07) is 10.5. The van der Waals surface area contributed by atoms with Crippen LogP contribution in [0, 0.1) is 0 Å². The van der Waals surface area contributed by atoms with Gasteiger partial charge < -0.3 is 20.1 Å². The molecule has 0 saturated carbocycles. The van der Waals surface area contributed by atoms with E-state index in [1.165, 1.54) is 5.56 Å². The van der Waals surface area contributed by atoms with Gasteiger partial charge in [0.05, 0.1) is 0 Å². The molecule has 0 spiro atoms. The molecule has 0 amide bonds. The van der Waals surface area contributed by atoms with Crippen LogP contribution in [0.15, 0.2) is 59.3 Å². The molecule has 0 bridgehead atoms. The number of imidazole rings is 1. The smallest absolute Gasteiger partial charge is 0.191 e. The molecule has 1 aliphatic heterocycles. The highest BCUT2D eigenvalue weighted by Crippen LogP contribution is 2.18. The number of nitrogens with two attached hydrogens (primary N) is 1. The van der Waals surface area contributed by atoms with Gasteiger partial charge in [-0.3, -0.25) is 0 Å². The van der Waals surface area contributed by atoms with Crippen molar-refractivity contribution in [3.8, 4) is 0 Å². The molecule has 0 radical (unpaired) electrons. The van der Waals surface area contributed by atoms with Crippen LogP contribution in [-0.4, -0.2) is 51.6 Å². The standard InChI is InChI=1S/C20H25N7S.HI/c21-19(26-11-13-27(14-12-26)20-23-8-15-28-20)24-16-18-22-7-10-25(18)9-6-17-4-2-1-3-5-17;/h1-5,7-8,10,15H,6,9,11-14,16H2,(H2,21,24);1H. The Labute approximate surface area is 192 Å². The zero-order valence-electron chi connectivity index (χ0n) is 16.2. The summed E-state index contributed by atoms with van der Waals surface area (Å²) < 4.78 is 2.16. The summed E-state index contributed by atoms with van der Waals surface area (Å²) in [7, 11) is 0. The van der Waals surface area contributed by atoms with Gasteiger partial charge in [-0.25, -0.2) is 15.0 Å². The minimum Gasteiger partial charge on any atom is -0.370 e. The SMILES string of the molecule is I.NC(=NCc1nccn1CCc1ccccc1)N1CCN(c2nccs2)CC1. The number of hydrogen-bond donors (Lipinski definition) is 1. The third-order valence-electron chi connectivity index (χ3n) is 4.96. The largest absolute Gasteiger partial charge is 0.370 e. The monoisotopic (exact) mass is 523 g/mol. The zero-order chi connectivity index (χ0) is 19.2. The molecule has 1 aliphatic rings. The highest BCUT2D eigenvalue weighted by molar-refractivity contribution is 14.0. The summed E-state index contributed by atoms with van der Waals surface area (Å²) in [6.07, 6.45) is 6.67. The lowest BCUT2D eigenvalue weighted by Gasteiger charge is -2.35. The summed E-state index contributed by atoms with van der Waals surface area (Å²) in [6.45, 7) is 4.93. The van der Waals surface area contributed by atoms with Crippen LogP contribution >= 0.6 is 35.3 Å². The normalized spacial score (nSPS) is 14.7. The summed E-state index contributed by atoms with van der Waals surface area (Å²) in [5.74, 6) is 1.54. The molecular formula is C20H26IN7S. The number of guanidine groups is 1. The molecular weight excluding hydrogens is 497 g/mol. The van der Waals surface area contributed by atoms with Crippen LogP contribution in [0.3, 0.4) is 0 Å². The molecule has 4 rings (SSSR count). The molecule has 154 valence electrons. The van der Waals surface area contributed by atoms with Gasteiger partial charge in [-0.05, 0) is 12.0 Å². The molecule has 0 unspecified atom stereocenters. The second kappa shape index (κ2) is 10.6. The number of anilines is 1. The summed E-state index contributed by atoms with van der Waals surface area (Å²) in [5, 5.41) is 3.09. The first-order chi connectivity index (χ1) is 13.8. The fourth-order valence-electron chi connectivity index (χ4n) is 3.34. The Morgan fingerprint density at radius 1 is 1.07 bits per heavy atom. The molecule has 1 saturated heterocycles. The van der Waals surface area contributed by atoms with Crippen molar-refractivity contribution in [1.82, 2.24) is 19.4 Å². The van der Waals surface area contributed by atoms with Gasteiger partial charge in [0.15, 0.2) is 11.1 Å². The van der Waals surface area contributed by atoms with E-state index in [1.54, 1.807) is 11.3 Å². The Morgan fingerprint density at radius 2 is 1.86 bits per heavy atom. The Morgan fingerprint density at radius 3 is 2.59 bits per heavy atom. The summed E-state index contributed by atoms with van der Waals surface area (Å²) >= 11 is 1.68. The fraction of sp³-hybridized carbons (Fsp3) is 0.350. The topological polar surface area (TPSA) is 75.6 Å². The van der Waals surface area contributed by atoms with Gasteiger partial charge >= 0.3 is 0 Å². The lowest BCUT2D eigenvalue weighted by Crippen LogP contribution is -2.51. The number of hydrogen-bond acceptors (Lipinski definition) is 5. The quantitative estimate of drug-likeness (QED) is 0.306. The van der Waals surface area contributed by atoms with Gasteiger partial charge in [0.2, 0.25) is 0 Å². The van der Waals surface area contributed by atoms with Crippen molar-refractivity contribution in [2.24, 2.45) is 10.7 Å². The Bertz CT molecular complexity index is 887. The van der Waals surface area contributed by atoms with Crippen molar-refractivity contribution in [1.29, 1.82) is 0 Å². The van der Waals surface area contributed by atoms with E-state index in [9.17, 15) is 0 Å². The predicted molar refractivity (Wildman–Crippen MR) is 129 cm³/mol. The van der Waals surface area contributed by atoms with E-state index < -0.39 is 0 Å². The third-order valence-corrected chi connectivity index (χ3v) is 5.79. The summed E-state index contributed by atoms with van der Waals surface area (Å²) in [5.41, 5.74) is 7.57. The Kier molecular flexibility index (Phi) is 7.87. The van der Waals surface area contributed by atoms with Gasteiger partial charge in [0, 0.05) is 56.7 Å². The van der Waals surface area contributed by atoms with Gasteiger partial charge in [-0.15, -0.1) is 35.3 Å². The molecule has 9 heteroatoms. The number of rotatable bonds is 6. The first-order valence-electron chi connectivity index (χ1n) is 9.53. The van der Waals surface area contributed by atoms with Gasteiger partial charge in [0.25, 0.3) is 0 Å². The molecule has 0 atom stereocenters. The highest BCUT2D eigenvalue weighted by atomic mass is 127. The molecule has 2 aromatic heterocycles. The maximum Gasteiger partial charge on any atom is 0.191 e. The number of nitrogens with zero attached hydrogens (tertiary/aromatic N) is 6. The van der Waals surface area contributed by atoms with Crippen molar-refractivity contribution in [3.05, 3.63) is 65.7 Å². The van der Waals surface area contributed by atoms with Crippen LogP contribution in [0.1, 0.15) is 11.4 Å². The second-order valence-electron chi connectivity index (χ2n) is 6.74. The number of halogens is 1. The van der Waals surface area contributed by atoms with Crippen LogP contribution in [0.5, 0.6) is 0 Å². The van der Waals surface area contributed by atoms with Crippen molar-refractivity contribution in [2.75, 3.05) is 31.1 Å². The molecule has 2 N–H and O–H groups in total. The summed E-state index contributed by atoms with van der Waals surface area (Å²) in [4.78, 5) is 17.9. The van der Waals surface area contributed by atoms with Crippen LogP contribution in [-0.2, 0) is 19.5 Å². The van der Waals surface area contributed by atoms with E-state index in [0.717, 1.165) is 50.1 Å². The lowest BCUT2D eigenvalue weighted by atomic mass is 10.1. The number of aliphatic imine (C=N–C) groups is 1. The van der Waals surface area contributed by atoms with Gasteiger partial charge in [0.1, 0.15) is 12.4 Å². The van der Waals surface area contributed by atoms with Crippen molar-refractivity contribution in [3.63, 3.8) is 0 Å². The van der Waals surface area contributed by atoms with E-state index >= 15 is 0 Å². The van der Waals surface area contributed by atoms with Crippen LogP contribution in [0.2, 0.25) is 0 Å². The van der Waals surface area contributed by atoms with E-state index in [0.29, 0.717) is 12.5 Å². The molecule has 3 heterocycles. The van der Waals surface area contributed by atoms with Gasteiger partial charge in [-0.1, -0.05) is 30.3 Å². The number of benzene rings is 1. The number of thiazole rings is 1. The van der Waals surface area contributed by atoms with Crippen LogP contribution in [0.25, 0.3) is 0 Å². The number of aryl methyl sites for hydroxylation is 2. The number of piperazine rings is 1. The Balaban J connectivity index is 0.00000240. The zero-order valence-corrected chi connectivity index (χ0v) is 19.4. The molecule has 1 aromatic carbocycles. The van der Waals surface area contributed by atoms with E-state index in [2.05, 4.69) is 53.6 Å². The number of aromatic nitrogens is 3. The van der Waals surface area contributed by atoms with Crippen molar-refractivity contribution in [2.45, 2.75) is 19.5 Å². The molecule has 29 heavy (non-hydrogen) atoms. The third kappa shape index (κ3) is 5.69. The molecule has 3 aromatic rings. The van der Waals surface area contributed by atoms with Crippen LogP contribution in [0.4, 0.5) is 5.13 Å². The predicted octanol–water partition coefficient (Wildman–Crippen LogP) is 2.84. The molecule has 0 aliphatic carbocycles. The van der Waals surface area contributed by atoms with E-state index in [4.69, 9.17) is 5.73 Å². The first kappa shape index (κ1) is 21.6. The minimum atomic E-state index is 0. The average molecular weight is 523 g/mol. The Hall–Kier alpha value is -2.14. The first-order valence-corrected chi connectivity index (χ1v) is 10.4. The molecule has 7 nitrogen and oxygen atoms in total.